The van der Waals surface area contributed by atoms with Gasteiger partial charge in [0.25, 0.3) is 0 Å². The van der Waals surface area contributed by atoms with Gasteiger partial charge in [0.2, 0.25) is 0 Å². The van der Waals surface area contributed by atoms with Crippen molar-refractivity contribution in [1.29, 1.82) is 0 Å². The Morgan fingerprint density at radius 3 is 2.04 bits per heavy atom. The lowest BCUT2D eigenvalue weighted by molar-refractivity contribution is -0.152. The molecule has 0 aliphatic heterocycles. The van der Waals surface area contributed by atoms with Crippen molar-refractivity contribution in [2.24, 2.45) is 0 Å². The molecule has 118 valence electrons. The van der Waals surface area contributed by atoms with Crippen LogP contribution in [0.15, 0.2) is 60.7 Å². The number of hydrazine groups is 1. The molecule has 0 bridgehead atoms. The second kappa shape index (κ2) is 7.60. The highest BCUT2D eigenvalue weighted by Gasteiger charge is 2.22. The van der Waals surface area contributed by atoms with Gasteiger partial charge in [-0.25, -0.2) is 20.0 Å². The average molecular weight is 313 g/mol. The fraction of sp³-hybridized carbons (Fsp3) is 0.0625. The summed E-state index contributed by atoms with van der Waals surface area (Å²) in [5.74, 6) is -2.15. The lowest BCUT2D eigenvalue weighted by atomic mass is 10.3. The first-order chi connectivity index (χ1) is 11.1. The van der Waals surface area contributed by atoms with Crippen LogP contribution in [0.5, 0.6) is 0 Å². The fourth-order valence-electron chi connectivity index (χ4n) is 1.75. The maximum Gasteiger partial charge on any atom is 0.398 e. The number of esters is 1. The molecule has 0 fully saturated rings. The van der Waals surface area contributed by atoms with E-state index in [1.54, 1.807) is 54.6 Å². The summed E-state index contributed by atoms with van der Waals surface area (Å²) in [6.45, 7) is 0. The first kappa shape index (κ1) is 16.0. The zero-order chi connectivity index (χ0) is 16.7. The monoisotopic (exact) mass is 313 g/mol. The Hall–Kier alpha value is -3.35. The van der Waals surface area contributed by atoms with E-state index < -0.39 is 17.9 Å². The van der Waals surface area contributed by atoms with Crippen molar-refractivity contribution < 1.29 is 19.1 Å². The number of urea groups is 1. The highest BCUT2D eigenvalue weighted by atomic mass is 16.5. The van der Waals surface area contributed by atoms with E-state index in [-0.39, 0.29) is 0 Å². The third kappa shape index (κ3) is 4.31. The second-order valence-electron chi connectivity index (χ2n) is 4.40. The van der Waals surface area contributed by atoms with E-state index in [0.29, 0.717) is 11.4 Å². The number of amides is 3. The van der Waals surface area contributed by atoms with Crippen molar-refractivity contribution in [3.05, 3.63) is 60.7 Å². The molecule has 0 saturated carbocycles. The van der Waals surface area contributed by atoms with Crippen LogP contribution >= 0.6 is 0 Å². The van der Waals surface area contributed by atoms with Crippen molar-refractivity contribution in [1.82, 2.24) is 5.43 Å². The van der Waals surface area contributed by atoms with Gasteiger partial charge in [-0.1, -0.05) is 36.4 Å². The van der Waals surface area contributed by atoms with Gasteiger partial charge in [0.05, 0.1) is 12.8 Å². The van der Waals surface area contributed by atoms with Gasteiger partial charge in [0.1, 0.15) is 0 Å². The first-order valence-corrected chi connectivity index (χ1v) is 6.72. The number of para-hydroxylation sites is 2. The number of hydrogen-bond acceptors (Lipinski definition) is 4. The maximum absolute atomic E-state index is 12.4. The molecular weight excluding hydrogens is 298 g/mol. The van der Waals surface area contributed by atoms with Gasteiger partial charge < -0.3 is 10.1 Å². The van der Waals surface area contributed by atoms with E-state index in [9.17, 15) is 14.4 Å². The summed E-state index contributed by atoms with van der Waals surface area (Å²) in [7, 11) is 1.08. The number of hydrogen-bond donors (Lipinski definition) is 2. The number of methoxy groups -OCH3 is 1. The molecule has 7 heteroatoms. The summed E-state index contributed by atoms with van der Waals surface area (Å²) < 4.78 is 4.34. The zero-order valence-electron chi connectivity index (χ0n) is 12.4. The molecule has 0 radical (unpaired) electrons. The number of anilines is 2. The second-order valence-corrected chi connectivity index (χ2v) is 4.40. The predicted octanol–water partition coefficient (Wildman–Crippen LogP) is 1.93. The largest absolute Gasteiger partial charge is 0.462 e. The van der Waals surface area contributed by atoms with E-state index in [0.717, 1.165) is 12.1 Å². The highest BCUT2D eigenvalue weighted by molar-refractivity contribution is 6.33. The van der Waals surface area contributed by atoms with Crippen LogP contribution in [-0.4, -0.2) is 25.0 Å². The van der Waals surface area contributed by atoms with Crippen molar-refractivity contribution in [3.8, 4) is 0 Å². The number of nitrogens with zero attached hydrogens (tertiary/aromatic N) is 1. The fourth-order valence-corrected chi connectivity index (χ4v) is 1.75. The SMILES string of the molecule is COC(=O)C(=O)NN(C(=O)Nc1ccccc1)c1ccccc1. The lowest BCUT2D eigenvalue weighted by Crippen LogP contribution is -2.51. The zero-order valence-corrected chi connectivity index (χ0v) is 12.4. The minimum Gasteiger partial charge on any atom is -0.462 e. The molecule has 2 aromatic carbocycles. The topological polar surface area (TPSA) is 87.7 Å². The maximum atomic E-state index is 12.4. The quantitative estimate of drug-likeness (QED) is 0.504. The molecule has 0 unspecified atom stereocenters. The summed E-state index contributed by atoms with van der Waals surface area (Å²) in [5.41, 5.74) is 3.15. The van der Waals surface area contributed by atoms with Crippen LogP contribution in [0.3, 0.4) is 0 Å². The summed E-state index contributed by atoms with van der Waals surface area (Å²) in [6.07, 6.45) is 0. The molecule has 2 rings (SSSR count). The van der Waals surface area contributed by atoms with Crippen LogP contribution in [0.4, 0.5) is 16.2 Å². The van der Waals surface area contributed by atoms with Gasteiger partial charge in [-0.15, -0.1) is 0 Å². The standard InChI is InChI=1S/C16H15N3O4/c1-23-15(21)14(20)18-19(13-10-6-3-7-11-13)16(22)17-12-8-4-2-5-9-12/h2-11H,1H3,(H,17,22)(H,18,20). The third-order valence-corrected chi connectivity index (χ3v) is 2.83. The van der Waals surface area contributed by atoms with E-state index in [1.807, 2.05) is 6.07 Å². The summed E-state index contributed by atoms with van der Waals surface area (Å²) >= 11 is 0. The Labute approximate surface area is 132 Å². The molecule has 0 aliphatic carbocycles. The minimum absolute atomic E-state index is 0.387. The number of carbonyl (C=O) groups is 3. The Kier molecular flexibility index (Phi) is 5.30. The Bertz CT molecular complexity index is 689. The van der Waals surface area contributed by atoms with Crippen molar-refractivity contribution in [3.63, 3.8) is 0 Å². The highest BCUT2D eigenvalue weighted by Crippen LogP contribution is 2.14. The Morgan fingerprint density at radius 2 is 1.48 bits per heavy atom. The van der Waals surface area contributed by atoms with Crippen LogP contribution in [-0.2, 0) is 14.3 Å². The first-order valence-electron chi connectivity index (χ1n) is 6.72. The van der Waals surface area contributed by atoms with E-state index in [2.05, 4.69) is 15.5 Å². The van der Waals surface area contributed by atoms with Crippen LogP contribution in [0.1, 0.15) is 0 Å². The molecule has 0 atom stereocenters. The molecule has 0 heterocycles. The molecule has 2 N–H and O–H groups in total. The number of carbonyl (C=O) groups excluding carboxylic acids is 3. The van der Waals surface area contributed by atoms with Crippen LogP contribution < -0.4 is 15.8 Å². The van der Waals surface area contributed by atoms with Crippen molar-refractivity contribution in [2.75, 3.05) is 17.4 Å². The molecule has 0 saturated heterocycles. The van der Waals surface area contributed by atoms with Gasteiger partial charge in [0, 0.05) is 5.69 Å². The van der Waals surface area contributed by atoms with Gasteiger partial charge in [-0.3, -0.25) is 4.79 Å². The van der Waals surface area contributed by atoms with Gasteiger partial charge in [-0.2, -0.15) is 0 Å². The van der Waals surface area contributed by atoms with Gasteiger partial charge >= 0.3 is 17.9 Å². The van der Waals surface area contributed by atoms with Crippen molar-refractivity contribution in [2.45, 2.75) is 0 Å². The number of rotatable bonds is 2. The van der Waals surface area contributed by atoms with Gasteiger partial charge in [0.15, 0.2) is 0 Å². The summed E-state index contributed by atoms with van der Waals surface area (Å²) in [6, 6.07) is 16.5. The molecule has 7 nitrogen and oxygen atoms in total. The minimum atomic E-state index is -1.10. The average Bonchev–Trinajstić information content (AvgIpc) is 2.60. The molecule has 3 amide bonds. The normalized spacial score (nSPS) is 9.61. The molecule has 23 heavy (non-hydrogen) atoms. The summed E-state index contributed by atoms with van der Waals surface area (Å²) in [4.78, 5) is 35.4. The lowest BCUT2D eigenvalue weighted by Gasteiger charge is -2.23. The third-order valence-electron chi connectivity index (χ3n) is 2.83. The molecule has 0 aromatic heterocycles. The van der Waals surface area contributed by atoms with Crippen molar-refractivity contribution >= 4 is 29.3 Å². The number of benzene rings is 2. The van der Waals surface area contributed by atoms with Gasteiger partial charge in [-0.05, 0) is 24.3 Å². The molecular formula is C16H15N3O4. The van der Waals surface area contributed by atoms with E-state index in [4.69, 9.17) is 0 Å². The smallest absolute Gasteiger partial charge is 0.398 e. The Morgan fingerprint density at radius 1 is 0.913 bits per heavy atom. The number of nitrogens with one attached hydrogen (secondary N) is 2. The molecule has 0 aliphatic rings. The van der Waals surface area contributed by atoms with E-state index in [1.165, 1.54) is 0 Å². The predicted molar refractivity (Wildman–Crippen MR) is 84.5 cm³/mol. The molecule has 0 spiro atoms. The Balaban J connectivity index is 2.21. The van der Waals surface area contributed by atoms with Crippen LogP contribution in [0.2, 0.25) is 0 Å². The number of ether oxygens (including phenoxy) is 1. The van der Waals surface area contributed by atoms with E-state index >= 15 is 0 Å². The van der Waals surface area contributed by atoms with Crippen LogP contribution in [0, 0.1) is 0 Å². The molecule has 2 aromatic rings. The summed E-state index contributed by atoms with van der Waals surface area (Å²) in [5, 5.41) is 3.56. The van der Waals surface area contributed by atoms with Crippen LogP contribution in [0.25, 0.3) is 0 Å².